The third-order valence-electron chi connectivity index (χ3n) is 1.75. The molecule has 0 aliphatic carbocycles. The molecule has 0 bridgehead atoms. The van der Waals surface area contributed by atoms with Crippen LogP contribution in [0.1, 0.15) is 12.5 Å². The van der Waals surface area contributed by atoms with Gasteiger partial charge in [0.05, 0.1) is 5.02 Å². The molecule has 0 spiro atoms. The normalized spacial score (nSPS) is 11.4. The number of nitrogens with one attached hydrogen (secondary N) is 1. The molecule has 13 heavy (non-hydrogen) atoms. The Kier molecular flexibility index (Phi) is 3.09. The molecule has 0 saturated heterocycles. The second kappa shape index (κ2) is 4.10. The minimum Gasteiger partial charge on any atom is -0.506 e. The molecular weight excluding hydrogens is 186 g/mol. The standard InChI is InChI=1S/C10H10ClNO/c1-2-7(6-12)8-3-4-9(11)10(13)5-8/h2-6,12-13H,1H3/b7-2+,12-6?. The van der Waals surface area contributed by atoms with E-state index in [0.717, 1.165) is 11.1 Å². The van der Waals surface area contributed by atoms with Crippen molar-refractivity contribution >= 4 is 23.4 Å². The highest BCUT2D eigenvalue weighted by Gasteiger charge is 2.01. The fraction of sp³-hybridized carbons (Fsp3) is 0.100. The van der Waals surface area contributed by atoms with Crippen molar-refractivity contribution in [3.8, 4) is 5.75 Å². The van der Waals surface area contributed by atoms with Crippen molar-refractivity contribution in [3.63, 3.8) is 0 Å². The van der Waals surface area contributed by atoms with Gasteiger partial charge in [-0.25, -0.2) is 0 Å². The summed E-state index contributed by atoms with van der Waals surface area (Å²) in [6.07, 6.45) is 3.04. The summed E-state index contributed by atoms with van der Waals surface area (Å²) in [6, 6.07) is 4.92. The Hall–Kier alpha value is -1.28. The molecule has 68 valence electrons. The summed E-state index contributed by atoms with van der Waals surface area (Å²) in [5, 5.41) is 16.7. The number of halogens is 1. The molecule has 0 aromatic heterocycles. The van der Waals surface area contributed by atoms with Crippen LogP contribution < -0.4 is 0 Å². The van der Waals surface area contributed by atoms with E-state index in [-0.39, 0.29) is 5.75 Å². The van der Waals surface area contributed by atoms with Crippen LogP contribution in [0, 0.1) is 5.41 Å². The Labute approximate surface area is 82.0 Å². The molecule has 0 unspecified atom stereocenters. The molecule has 0 heterocycles. The number of benzene rings is 1. The van der Waals surface area contributed by atoms with Crippen LogP contribution in [0.15, 0.2) is 24.3 Å². The zero-order chi connectivity index (χ0) is 9.84. The zero-order valence-corrected chi connectivity index (χ0v) is 7.97. The number of phenols is 1. The van der Waals surface area contributed by atoms with Gasteiger partial charge in [0, 0.05) is 6.21 Å². The summed E-state index contributed by atoms with van der Waals surface area (Å²) in [6.45, 7) is 1.84. The lowest BCUT2D eigenvalue weighted by Gasteiger charge is -2.02. The molecule has 1 rings (SSSR count). The van der Waals surface area contributed by atoms with Gasteiger partial charge in [-0.15, -0.1) is 0 Å². The first-order valence-corrected chi connectivity index (χ1v) is 4.22. The lowest BCUT2D eigenvalue weighted by Crippen LogP contribution is -1.84. The maximum Gasteiger partial charge on any atom is 0.134 e. The van der Waals surface area contributed by atoms with Gasteiger partial charge < -0.3 is 10.5 Å². The molecule has 1 aromatic rings. The molecule has 0 amide bonds. The summed E-state index contributed by atoms with van der Waals surface area (Å²) >= 11 is 5.65. The van der Waals surface area contributed by atoms with Gasteiger partial charge in [-0.1, -0.05) is 23.7 Å². The molecule has 0 aliphatic rings. The fourth-order valence-electron chi connectivity index (χ4n) is 1.03. The third kappa shape index (κ3) is 2.10. The van der Waals surface area contributed by atoms with Gasteiger partial charge in [-0.3, -0.25) is 0 Å². The molecule has 0 radical (unpaired) electrons. The van der Waals surface area contributed by atoms with E-state index in [2.05, 4.69) is 0 Å². The van der Waals surface area contributed by atoms with Crippen LogP contribution in [-0.4, -0.2) is 11.3 Å². The van der Waals surface area contributed by atoms with Gasteiger partial charge in [0.2, 0.25) is 0 Å². The van der Waals surface area contributed by atoms with Crippen molar-refractivity contribution in [1.29, 1.82) is 5.41 Å². The summed E-state index contributed by atoms with van der Waals surface area (Å²) in [5.74, 6) is 0.0420. The van der Waals surface area contributed by atoms with E-state index in [1.54, 1.807) is 24.3 Å². The number of rotatable bonds is 2. The molecule has 0 fully saturated rings. The second-order valence-corrected chi connectivity index (χ2v) is 2.96. The number of allylic oxidation sites excluding steroid dienone is 2. The van der Waals surface area contributed by atoms with Crippen LogP contribution in [0.3, 0.4) is 0 Å². The first kappa shape index (κ1) is 9.81. The molecular formula is C10H10ClNO. The maximum atomic E-state index is 9.31. The lowest BCUT2D eigenvalue weighted by atomic mass is 10.1. The van der Waals surface area contributed by atoms with Crippen LogP contribution in [0.4, 0.5) is 0 Å². The summed E-state index contributed by atoms with van der Waals surface area (Å²) in [7, 11) is 0. The van der Waals surface area contributed by atoms with E-state index in [0.29, 0.717) is 5.02 Å². The largest absolute Gasteiger partial charge is 0.506 e. The van der Waals surface area contributed by atoms with Gasteiger partial charge in [0.15, 0.2) is 0 Å². The summed E-state index contributed by atoms with van der Waals surface area (Å²) < 4.78 is 0. The quantitative estimate of drug-likeness (QED) is 0.700. The van der Waals surface area contributed by atoms with Crippen molar-refractivity contribution in [1.82, 2.24) is 0 Å². The minimum absolute atomic E-state index is 0.0420. The van der Waals surface area contributed by atoms with Crippen molar-refractivity contribution in [2.24, 2.45) is 0 Å². The van der Waals surface area contributed by atoms with Crippen LogP contribution in [0.25, 0.3) is 5.57 Å². The van der Waals surface area contributed by atoms with E-state index in [4.69, 9.17) is 17.0 Å². The van der Waals surface area contributed by atoms with Crippen molar-refractivity contribution in [2.75, 3.05) is 0 Å². The average molecular weight is 196 g/mol. The first-order chi connectivity index (χ1) is 6.19. The Morgan fingerprint density at radius 1 is 1.54 bits per heavy atom. The highest BCUT2D eigenvalue weighted by molar-refractivity contribution is 6.32. The van der Waals surface area contributed by atoms with Gasteiger partial charge in [0.1, 0.15) is 5.75 Å². The fourth-order valence-corrected chi connectivity index (χ4v) is 1.14. The molecule has 0 saturated carbocycles. The van der Waals surface area contributed by atoms with Crippen LogP contribution >= 0.6 is 11.6 Å². The van der Waals surface area contributed by atoms with E-state index < -0.39 is 0 Å². The highest BCUT2D eigenvalue weighted by atomic mass is 35.5. The molecule has 0 aliphatic heterocycles. The van der Waals surface area contributed by atoms with Crippen molar-refractivity contribution in [3.05, 3.63) is 34.9 Å². The predicted octanol–water partition coefficient (Wildman–Crippen LogP) is 3.10. The Morgan fingerprint density at radius 2 is 2.23 bits per heavy atom. The van der Waals surface area contributed by atoms with E-state index >= 15 is 0 Å². The molecule has 1 aromatic carbocycles. The SMILES string of the molecule is C/C=C(\C=N)c1ccc(Cl)c(O)c1. The maximum absolute atomic E-state index is 9.31. The van der Waals surface area contributed by atoms with Gasteiger partial charge >= 0.3 is 0 Å². The van der Waals surface area contributed by atoms with Gasteiger partial charge in [-0.05, 0) is 30.2 Å². The minimum atomic E-state index is 0.0420. The Balaban J connectivity index is 3.17. The molecule has 2 nitrogen and oxygen atoms in total. The predicted molar refractivity (Wildman–Crippen MR) is 55.6 cm³/mol. The zero-order valence-electron chi connectivity index (χ0n) is 7.21. The third-order valence-corrected chi connectivity index (χ3v) is 2.07. The lowest BCUT2D eigenvalue weighted by molar-refractivity contribution is 0.475. The monoisotopic (exact) mass is 195 g/mol. The molecule has 2 N–H and O–H groups in total. The highest BCUT2D eigenvalue weighted by Crippen LogP contribution is 2.26. The number of aromatic hydroxyl groups is 1. The van der Waals surface area contributed by atoms with E-state index in [1.807, 2.05) is 6.92 Å². The molecule has 3 heteroatoms. The first-order valence-electron chi connectivity index (χ1n) is 3.84. The van der Waals surface area contributed by atoms with Gasteiger partial charge in [-0.2, -0.15) is 0 Å². The summed E-state index contributed by atoms with van der Waals surface area (Å²) in [5.41, 5.74) is 1.55. The van der Waals surface area contributed by atoms with Crippen LogP contribution in [0.2, 0.25) is 5.02 Å². The average Bonchev–Trinajstić information content (AvgIpc) is 2.13. The van der Waals surface area contributed by atoms with E-state index in [1.165, 1.54) is 6.21 Å². The Morgan fingerprint density at radius 3 is 2.69 bits per heavy atom. The van der Waals surface area contributed by atoms with Gasteiger partial charge in [0.25, 0.3) is 0 Å². The topological polar surface area (TPSA) is 44.1 Å². The number of hydrogen-bond acceptors (Lipinski definition) is 2. The van der Waals surface area contributed by atoms with Crippen molar-refractivity contribution in [2.45, 2.75) is 6.92 Å². The van der Waals surface area contributed by atoms with Crippen LogP contribution in [-0.2, 0) is 0 Å². The molecule has 0 atom stereocenters. The smallest absolute Gasteiger partial charge is 0.134 e. The van der Waals surface area contributed by atoms with Crippen molar-refractivity contribution < 1.29 is 5.11 Å². The number of phenolic OH excluding ortho intramolecular Hbond substituents is 1. The summed E-state index contributed by atoms with van der Waals surface area (Å²) in [4.78, 5) is 0. The Bertz CT molecular complexity index is 358. The number of hydrogen-bond donors (Lipinski definition) is 2. The van der Waals surface area contributed by atoms with Crippen LogP contribution in [0.5, 0.6) is 5.75 Å². The second-order valence-electron chi connectivity index (χ2n) is 2.55. The van der Waals surface area contributed by atoms with E-state index in [9.17, 15) is 5.11 Å².